The molecule has 0 amide bonds. The van der Waals surface area contributed by atoms with E-state index in [2.05, 4.69) is 32.6 Å². The Bertz CT molecular complexity index is 607. The van der Waals surface area contributed by atoms with E-state index in [1.165, 1.54) is 15.4 Å². The monoisotopic (exact) mass is 448 g/mol. The van der Waals surface area contributed by atoms with E-state index in [1.807, 2.05) is 30.3 Å². The van der Waals surface area contributed by atoms with Gasteiger partial charge in [0.15, 0.2) is 5.96 Å². The minimum atomic E-state index is 0. The van der Waals surface area contributed by atoms with Gasteiger partial charge in [-0.2, -0.15) is 5.10 Å². The summed E-state index contributed by atoms with van der Waals surface area (Å²) in [6.45, 7) is 3.83. The highest BCUT2D eigenvalue weighted by Gasteiger charge is 2.02. The molecule has 0 atom stereocenters. The quantitative estimate of drug-likeness (QED) is 0.387. The molecule has 0 spiro atoms. The number of thiazole rings is 1. The second-order valence-electron chi connectivity index (χ2n) is 5.02. The average Bonchev–Trinajstić information content (AvgIpc) is 3.14. The fourth-order valence-electron chi connectivity index (χ4n) is 2.06. The summed E-state index contributed by atoms with van der Waals surface area (Å²) in [6, 6.07) is 0. The molecule has 0 saturated carbocycles. The van der Waals surface area contributed by atoms with E-state index in [9.17, 15) is 0 Å². The molecule has 2 rings (SSSR count). The van der Waals surface area contributed by atoms with Crippen LogP contribution >= 0.6 is 35.3 Å². The molecular formula is C15H25IN6S. The maximum absolute atomic E-state index is 4.42. The summed E-state index contributed by atoms with van der Waals surface area (Å²) >= 11 is 1.79. The summed E-state index contributed by atoms with van der Waals surface area (Å²) in [5.74, 6) is 0.830. The van der Waals surface area contributed by atoms with E-state index in [4.69, 9.17) is 0 Å². The molecule has 0 fully saturated rings. The third-order valence-corrected chi connectivity index (χ3v) is 4.47. The van der Waals surface area contributed by atoms with E-state index in [-0.39, 0.29) is 24.0 Å². The first-order chi connectivity index (χ1) is 10.7. The number of rotatable bonds is 7. The SMILES string of the molecule is CCc1cnc(CCNC(=NC)NCCc2cnn(C)c2)s1.I. The van der Waals surface area contributed by atoms with Crippen LogP contribution < -0.4 is 10.6 Å². The van der Waals surface area contributed by atoms with Gasteiger partial charge in [-0.1, -0.05) is 6.92 Å². The lowest BCUT2D eigenvalue weighted by Crippen LogP contribution is -2.39. The molecule has 2 aromatic heterocycles. The van der Waals surface area contributed by atoms with Crippen molar-refractivity contribution in [1.82, 2.24) is 25.4 Å². The van der Waals surface area contributed by atoms with Crippen LogP contribution in [0.5, 0.6) is 0 Å². The Hall–Kier alpha value is -1.16. The van der Waals surface area contributed by atoms with Crippen molar-refractivity contribution in [1.29, 1.82) is 0 Å². The Morgan fingerprint density at radius 1 is 1.26 bits per heavy atom. The molecule has 0 bridgehead atoms. The van der Waals surface area contributed by atoms with Gasteiger partial charge in [-0.25, -0.2) is 4.98 Å². The van der Waals surface area contributed by atoms with Gasteiger partial charge in [-0.3, -0.25) is 9.67 Å². The van der Waals surface area contributed by atoms with Gasteiger partial charge >= 0.3 is 0 Å². The standard InChI is InChI=1S/C15H24N6S.HI/c1-4-13-10-19-14(22-13)6-8-18-15(16-2)17-7-5-12-9-20-21(3)11-12;/h9-11H,4-8H2,1-3H3,(H2,16,17,18);1H. The highest BCUT2D eigenvalue weighted by molar-refractivity contribution is 14.0. The van der Waals surface area contributed by atoms with Crippen molar-refractivity contribution in [2.75, 3.05) is 20.1 Å². The number of hydrogen-bond acceptors (Lipinski definition) is 4. The summed E-state index contributed by atoms with van der Waals surface area (Å²) in [5, 5.41) is 12.0. The van der Waals surface area contributed by atoms with Crippen LogP contribution in [0.1, 0.15) is 22.4 Å². The lowest BCUT2D eigenvalue weighted by Gasteiger charge is -2.10. The highest BCUT2D eigenvalue weighted by Crippen LogP contribution is 2.13. The number of aromatic nitrogens is 3. The Morgan fingerprint density at radius 2 is 2.00 bits per heavy atom. The Kier molecular flexibility index (Phi) is 9.15. The fraction of sp³-hybridized carbons (Fsp3) is 0.533. The predicted octanol–water partition coefficient (Wildman–Crippen LogP) is 2.01. The Morgan fingerprint density at radius 3 is 2.57 bits per heavy atom. The van der Waals surface area contributed by atoms with Crippen molar-refractivity contribution < 1.29 is 0 Å². The van der Waals surface area contributed by atoms with E-state index in [0.717, 1.165) is 38.3 Å². The van der Waals surface area contributed by atoms with Gasteiger partial charge in [-0.15, -0.1) is 35.3 Å². The van der Waals surface area contributed by atoms with Gasteiger partial charge in [0.1, 0.15) is 0 Å². The van der Waals surface area contributed by atoms with Gasteiger partial charge in [0.25, 0.3) is 0 Å². The third kappa shape index (κ3) is 6.86. The highest BCUT2D eigenvalue weighted by atomic mass is 127. The first kappa shape index (κ1) is 19.9. The smallest absolute Gasteiger partial charge is 0.191 e. The van der Waals surface area contributed by atoms with Crippen molar-refractivity contribution in [2.45, 2.75) is 26.2 Å². The summed E-state index contributed by atoms with van der Waals surface area (Å²) in [6.07, 6.45) is 8.82. The van der Waals surface area contributed by atoms with Crippen LogP contribution in [0.25, 0.3) is 0 Å². The van der Waals surface area contributed by atoms with Crippen LogP contribution in [0.2, 0.25) is 0 Å². The number of hydrogen-bond donors (Lipinski definition) is 2. The number of nitrogens with zero attached hydrogens (tertiary/aromatic N) is 4. The molecule has 0 aliphatic carbocycles. The van der Waals surface area contributed by atoms with Crippen LogP contribution in [0.3, 0.4) is 0 Å². The summed E-state index contributed by atoms with van der Waals surface area (Å²) < 4.78 is 1.82. The second-order valence-corrected chi connectivity index (χ2v) is 6.22. The number of guanidine groups is 1. The number of aliphatic imine (C=N–C) groups is 1. The van der Waals surface area contributed by atoms with Gasteiger partial charge in [0.05, 0.1) is 11.2 Å². The molecule has 0 radical (unpaired) electrons. The molecule has 128 valence electrons. The van der Waals surface area contributed by atoms with Crippen LogP contribution in [-0.2, 0) is 26.3 Å². The Labute approximate surface area is 158 Å². The zero-order chi connectivity index (χ0) is 15.8. The molecule has 8 heteroatoms. The van der Waals surface area contributed by atoms with Crippen molar-refractivity contribution in [3.8, 4) is 0 Å². The van der Waals surface area contributed by atoms with E-state index in [1.54, 1.807) is 18.4 Å². The van der Waals surface area contributed by atoms with Crippen molar-refractivity contribution in [2.24, 2.45) is 12.0 Å². The maximum atomic E-state index is 4.42. The van der Waals surface area contributed by atoms with Crippen molar-refractivity contribution in [3.63, 3.8) is 0 Å². The van der Waals surface area contributed by atoms with E-state index >= 15 is 0 Å². The van der Waals surface area contributed by atoms with Gasteiger partial charge in [0.2, 0.25) is 0 Å². The lowest BCUT2D eigenvalue weighted by molar-refractivity contribution is 0.764. The van der Waals surface area contributed by atoms with Gasteiger partial charge in [-0.05, 0) is 18.4 Å². The maximum Gasteiger partial charge on any atom is 0.191 e. The summed E-state index contributed by atoms with van der Waals surface area (Å²) in [5.41, 5.74) is 1.22. The van der Waals surface area contributed by atoms with Crippen LogP contribution in [0.15, 0.2) is 23.6 Å². The van der Waals surface area contributed by atoms with Crippen LogP contribution in [0.4, 0.5) is 0 Å². The number of halogens is 1. The molecule has 2 aromatic rings. The van der Waals surface area contributed by atoms with Gasteiger partial charge < -0.3 is 10.6 Å². The third-order valence-electron chi connectivity index (χ3n) is 3.27. The van der Waals surface area contributed by atoms with E-state index in [0.29, 0.717) is 0 Å². The minimum Gasteiger partial charge on any atom is -0.356 e. The summed E-state index contributed by atoms with van der Waals surface area (Å²) in [7, 11) is 3.72. The summed E-state index contributed by atoms with van der Waals surface area (Å²) in [4.78, 5) is 10.00. The minimum absolute atomic E-state index is 0. The molecule has 23 heavy (non-hydrogen) atoms. The fourth-order valence-corrected chi connectivity index (χ4v) is 2.92. The van der Waals surface area contributed by atoms with Crippen molar-refractivity contribution in [3.05, 3.63) is 34.0 Å². The molecular weight excluding hydrogens is 423 g/mol. The number of aryl methyl sites for hydroxylation is 2. The zero-order valence-corrected chi connectivity index (χ0v) is 17.0. The second kappa shape index (κ2) is 10.6. The first-order valence-corrected chi connectivity index (χ1v) is 8.38. The molecule has 2 N–H and O–H groups in total. The molecule has 0 aliphatic rings. The largest absolute Gasteiger partial charge is 0.356 e. The molecule has 6 nitrogen and oxygen atoms in total. The molecule has 0 aliphatic heterocycles. The van der Waals surface area contributed by atoms with Crippen molar-refractivity contribution >= 4 is 41.3 Å². The molecule has 0 aromatic carbocycles. The lowest BCUT2D eigenvalue weighted by atomic mass is 10.2. The Balaban J connectivity index is 0.00000264. The van der Waals surface area contributed by atoms with Crippen LogP contribution in [0, 0.1) is 0 Å². The van der Waals surface area contributed by atoms with Crippen LogP contribution in [-0.4, -0.2) is 40.9 Å². The molecule has 0 unspecified atom stereocenters. The normalized spacial score (nSPS) is 11.2. The molecule has 0 saturated heterocycles. The first-order valence-electron chi connectivity index (χ1n) is 7.57. The average molecular weight is 448 g/mol. The zero-order valence-electron chi connectivity index (χ0n) is 13.9. The number of nitrogens with one attached hydrogen (secondary N) is 2. The topological polar surface area (TPSA) is 67.1 Å². The molecule has 2 heterocycles. The van der Waals surface area contributed by atoms with Gasteiger partial charge in [0, 0.05) is 50.9 Å². The predicted molar refractivity (Wildman–Crippen MR) is 107 cm³/mol. The van der Waals surface area contributed by atoms with E-state index < -0.39 is 0 Å².